The molecule has 0 heterocycles. The van der Waals surface area contributed by atoms with Crippen molar-refractivity contribution in [3.05, 3.63) is 0 Å². The molecule has 0 aromatic carbocycles. The van der Waals surface area contributed by atoms with Crippen LogP contribution in [0.5, 0.6) is 0 Å². The molecule has 0 bridgehead atoms. The zero-order chi connectivity index (χ0) is 2.71. The van der Waals surface area contributed by atoms with E-state index < -0.39 is 7.81 Å². The molecule has 0 radical (unpaired) electrons. The van der Waals surface area contributed by atoms with Crippen LogP contribution in [-0.2, 0) is 4.57 Å². The highest BCUT2D eigenvalue weighted by molar-refractivity contribution is 7.57. The lowest BCUT2D eigenvalue weighted by molar-refractivity contribution is 0.605. The third kappa shape index (κ3) is 16.4. The first-order chi connectivity index (χ1) is 1.41. The Morgan fingerprint density at radius 1 is 1.75 bits per heavy atom. The predicted molar refractivity (Wildman–Crippen MR) is 22.1 cm³/mol. The first-order valence-electron chi connectivity index (χ1n) is 0.393. The Morgan fingerprint density at radius 2 is 1.75 bits per heavy atom. The van der Waals surface area contributed by atoms with Crippen molar-refractivity contribution in [1.82, 2.24) is 0 Å². The van der Waals surface area contributed by atoms with Gasteiger partial charge in [-0.2, -0.15) is 0 Å². The minimum Gasteiger partial charge on any atom is -0.147 e. The van der Waals surface area contributed by atoms with Gasteiger partial charge in [0.05, 0.1) is 0 Å². The van der Waals surface area contributed by atoms with Crippen LogP contribution in [0.15, 0.2) is 0 Å². The molecule has 1 unspecified atom stereocenters. The Kier molecular flexibility index (Phi) is 20.7. The standard InChI is InChI=1S/ClOP.ClH/c1-3-2;/h;1H/p+1. The Bertz CT molecular complexity index is 13.5. The molecule has 0 rings (SSSR count). The third-order valence-corrected chi connectivity index (χ3v) is 0. The molecule has 1 atom stereocenters. The maximum Gasteiger partial charge on any atom is 0.441 e. The van der Waals surface area contributed by atoms with E-state index in [9.17, 15) is 0 Å². The van der Waals surface area contributed by atoms with Crippen LogP contribution < -0.4 is 0 Å². The lowest BCUT2D eigenvalue weighted by Gasteiger charge is -0.964. The van der Waals surface area contributed by atoms with Crippen LogP contribution in [0.2, 0.25) is 0 Å². The van der Waals surface area contributed by atoms with Crippen LogP contribution in [0.25, 0.3) is 0 Å². The maximum atomic E-state index is 8.72. The molecule has 0 N–H and O–H groups in total. The molecular formula is H2Cl2OP+. The van der Waals surface area contributed by atoms with Crippen molar-refractivity contribution in [3.8, 4) is 0 Å². The van der Waals surface area contributed by atoms with Gasteiger partial charge in [-0.3, -0.25) is 0 Å². The van der Waals surface area contributed by atoms with E-state index in [4.69, 9.17) is 4.57 Å². The highest BCUT2D eigenvalue weighted by atomic mass is 35.7. The summed E-state index contributed by atoms with van der Waals surface area (Å²) in [6.45, 7) is 0. The summed E-state index contributed by atoms with van der Waals surface area (Å²) in [5, 5.41) is 0. The molecule has 0 aliphatic rings. The fourth-order valence-corrected chi connectivity index (χ4v) is 0. The number of hydrogen-bond donors (Lipinski definition) is 0. The first-order valence-corrected chi connectivity index (χ1v) is 2.31. The molecule has 0 saturated carbocycles. The second-order valence-corrected chi connectivity index (χ2v) is 0.694. The molecular weight excluding hydrogens is 118 g/mol. The summed E-state index contributed by atoms with van der Waals surface area (Å²) in [5.74, 6) is 0. The van der Waals surface area contributed by atoms with E-state index in [0.717, 1.165) is 0 Å². The van der Waals surface area contributed by atoms with E-state index in [2.05, 4.69) is 11.2 Å². The van der Waals surface area contributed by atoms with Crippen molar-refractivity contribution in [2.75, 3.05) is 0 Å². The van der Waals surface area contributed by atoms with E-state index >= 15 is 0 Å². The van der Waals surface area contributed by atoms with Gasteiger partial charge in [0.25, 0.3) is 0 Å². The lowest BCUT2D eigenvalue weighted by atomic mass is 16.0. The zero-order valence-electron chi connectivity index (χ0n) is 1.69. The molecule has 0 aromatic rings. The van der Waals surface area contributed by atoms with E-state index in [0.29, 0.717) is 0 Å². The lowest BCUT2D eigenvalue weighted by Crippen LogP contribution is -0.706. The second kappa shape index (κ2) is 9.36. The predicted octanol–water partition coefficient (Wildman–Crippen LogP) is 1.59. The first kappa shape index (κ1) is 8.82. The Balaban J connectivity index is 0. The molecule has 0 aromatic heterocycles. The summed E-state index contributed by atoms with van der Waals surface area (Å²) in [6.07, 6.45) is 0. The van der Waals surface area contributed by atoms with Crippen molar-refractivity contribution in [2.45, 2.75) is 0 Å². The fourth-order valence-electron chi connectivity index (χ4n) is 0. The molecule has 0 aliphatic heterocycles. The summed E-state index contributed by atoms with van der Waals surface area (Å²) >= 11 is 4.47. The summed E-state index contributed by atoms with van der Waals surface area (Å²) in [5.41, 5.74) is 0. The highest BCUT2D eigenvalue weighted by Gasteiger charge is 1.52. The molecule has 1 nitrogen and oxygen atoms in total. The van der Waals surface area contributed by atoms with E-state index in [1.54, 1.807) is 0 Å². The average molecular weight is 120 g/mol. The largest absolute Gasteiger partial charge is 0.441 e. The molecule has 4 heavy (non-hydrogen) atoms. The molecule has 4 heteroatoms. The Labute approximate surface area is 36.7 Å². The van der Waals surface area contributed by atoms with Gasteiger partial charge in [0.2, 0.25) is 11.2 Å². The Morgan fingerprint density at radius 3 is 1.75 bits per heavy atom. The monoisotopic (exact) mass is 119 g/mol. The van der Waals surface area contributed by atoms with Gasteiger partial charge in [0, 0.05) is 0 Å². The highest BCUT2D eigenvalue weighted by Crippen LogP contribution is 1.92. The average Bonchev–Trinajstić information content (AvgIpc) is 0.918. The van der Waals surface area contributed by atoms with Gasteiger partial charge in [-0.1, -0.05) is 4.57 Å². The maximum absolute atomic E-state index is 8.72. The van der Waals surface area contributed by atoms with Crippen molar-refractivity contribution < 1.29 is 4.57 Å². The van der Waals surface area contributed by atoms with Gasteiger partial charge < -0.3 is 0 Å². The second-order valence-electron chi connectivity index (χ2n) is 0.0772. The van der Waals surface area contributed by atoms with Crippen molar-refractivity contribution >= 4 is 31.5 Å². The van der Waals surface area contributed by atoms with Gasteiger partial charge in [-0.05, 0) is 0 Å². The third-order valence-electron chi connectivity index (χ3n) is 0. The summed E-state index contributed by atoms with van der Waals surface area (Å²) in [7, 11) is -0.694. The SMILES string of the molecule is Cl.O=[PH+]Cl. The molecule has 0 amide bonds. The van der Waals surface area contributed by atoms with Crippen LogP contribution in [-0.4, -0.2) is 0 Å². The quantitative estimate of drug-likeness (QED) is 0.443. The molecule has 0 spiro atoms. The molecule has 0 fully saturated rings. The van der Waals surface area contributed by atoms with Gasteiger partial charge in [0.15, 0.2) is 0 Å². The van der Waals surface area contributed by atoms with E-state index in [-0.39, 0.29) is 12.4 Å². The minimum absolute atomic E-state index is 0. The Hall–Kier alpha value is 0.680. The van der Waals surface area contributed by atoms with Gasteiger partial charge in [-0.15, -0.1) is 12.4 Å². The molecule has 26 valence electrons. The van der Waals surface area contributed by atoms with Crippen LogP contribution in [0, 0.1) is 0 Å². The van der Waals surface area contributed by atoms with Crippen molar-refractivity contribution in [1.29, 1.82) is 0 Å². The summed E-state index contributed by atoms with van der Waals surface area (Å²) < 4.78 is 8.72. The zero-order valence-corrected chi connectivity index (χ0v) is 4.27. The van der Waals surface area contributed by atoms with Crippen LogP contribution in [0.3, 0.4) is 0 Å². The normalized spacial score (nSPS) is 5.25. The molecule has 0 saturated heterocycles. The van der Waals surface area contributed by atoms with E-state index in [1.807, 2.05) is 0 Å². The molecule has 0 aliphatic carbocycles. The van der Waals surface area contributed by atoms with Gasteiger partial charge in [0.1, 0.15) is 0 Å². The van der Waals surface area contributed by atoms with Gasteiger partial charge >= 0.3 is 7.81 Å². The topological polar surface area (TPSA) is 17.1 Å². The van der Waals surface area contributed by atoms with Crippen molar-refractivity contribution in [3.63, 3.8) is 0 Å². The minimum atomic E-state index is -0.694. The van der Waals surface area contributed by atoms with Crippen LogP contribution in [0.4, 0.5) is 0 Å². The van der Waals surface area contributed by atoms with Crippen LogP contribution in [0.1, 0.15) is 0 Å². The van der Waals surface area contributed by atoms with Crippen molar-refractivity contribution in [2.24, 2.45) is 0 Å². The summed E-state index contributed by atoms with van der Waals surface area (Å²) in [4.78, 5) is 0. The van der Waals surface area contributed by atoms with E-state index in [1.165, 1.54) is 0 Å². The number of hydrogen-bond acceptors (Lipinski definition) is 1. The van der Waals surface area contributed by atoms with Crippen LogP contribution >= 0.6 is 31.5 Å². The smallest absolute Gasteiger partial charge is 0.147 e. The number of rotatable bonds is 0. The van der Waals surface area contributed by atoms with Gasteiger partial charge in [-0.25, -0.2) is 0 Å². The summed E-state index contributed by atoms with van der Waals surface area (Å²) in [6, 6.07) is 0. The fraction of sp³-hybridized carbons (Fsp3) is 0. The number of halogens is 2.